The fraction of sp³-hybridized carbons (Fsp3) is 0.300. The maximum absolute atomic E-state index is 12.6. The number of hydrogen-bond donors (Lipinski definition) is 3. The van der Waals surface area contributed by atoms with Gasteiger partial charge in [-0.25, -0.2) is 4.39 Å². The number of carbonyl (C=O) groups is 1. The van der Waals surface area contributed by atoms with Gasteiger partial charge in [0.2, 0.25) is 0 Å². The fourth-order valence-electron chi connectivity index (χ4n) is 1.10. The van der Waals surface area contributed by atoms with Gasteiger partial charge in [0.25, 0.3) is 5.91 Å². The predicted molar refractivity (Wildman–Crippen MR) is 52.5 cm³/mol. The largest absolute Gasteiger partial charge is 0.507 e. The molecule has 0 spiro atoms. The van der Waals surface area contributed by atoms with E-state index in [9.17, 15) is 27.5 Å². The Labute approximate surface area is 98.9 Å². The first-order chi connectivity index (χ1) is 8.21. The molecule has 8 heteroatoms. The lowest BCUT2D eigenvalue weighted by Gasteiger charge is -2.15. The number of carbonyl (C=O) groups excluding carboxylic acids is 1. The minimum Gasteiger partial charge on any atom is -0.507 e. The van der Waals surface area contributed by atoms with Crippen LogP contribution in [0.4, 0.5) is 17.6 Å². The van der Waals surface area contributed by atoms with E-state index in [1.54, 1.807) is 5.32 Å². The molecule has 0 aromatic heterocycles. The van der Waals surface area contributed by atoms with Gasteiger partial charge in [-0.15, -0.1) is 0 Å². The van der Waals surface area contributed by atoms with Gasteiger partial charge in [-0.2, -0.15) is 13.2 Å². The second-order valence-corrected chi connectivity index (χ2v) is 3.43. The minimum atomic E-state index is -4.85. The third-order valence-electron chi connectivity index (χ3n) is 2.04. The number of phenols is 1. The number of aromatic hydroxyl groups is 1. The average Bonchev–Trinajstić information content (AvgIpc) is 2.24. The summed E-state index contributed by atoms with van der Waals surface area (Å²) < 4.78 is 48.4. The Bertz CT molecular complexity index is 447. The van der Waals surface area contributed by atoms with Crippen molar-refractivity contribution in [2.45, 2.75) is 12.3 Å². The Hall–Kier alpha value is -1.83. The molecule has 0 saturated heterocycles. The molecule has 1 aromatic carbocycles. The molecule has 0 bridgehead atoms. The molecule has 1 unspecified atom stereocenters. The highest BCUT2D eigenvalue weighted by Gasteiger charge is 2.38. The second kappa shape index (κ2) is 5.21. The van der Waals surface area contributed by atoms with Crippen molar-refractivity contribution in [3.8, 4) is 5.75 Å². The molecule has 0 radical (unpaired) electrons. The van der Waals surface area contributed by atoms with Crippen LogP contribution in [0, 0.1) is 5.82 Å². The highest BCUT2D eigenvalue weighted by Crippen LogP contribution is 2.20. The summed E-state index contributed by atoms with van der Waals surface area (Å²) in [6, 6.07) is 2.43. The van der Waals surface area contributed by atoms with Gasteiger partial charge in [0.05, 0.1) is 12.1 Å². The third kappa shape index (κ3) is 3.59. The highest BCUT2D eigenvalue weighted by molar-refractivity contribution is 5.96. The van der Waals surface area contributed by atoms with Crippen molar-refractivity contribution in [1.82, 2.24) is 5.32 Å². The van der Waals surface area contributed by atoms with Gasteiger partial charge in [-0.1, -0.05) is 0 Å². The van der Waals surface area contributed by atoms with Gasteiger partial charge >= 0.3 is 6.18 Å². The highest BCUT2D eigenvalue weighted by atomic mass is 19.4. The predicted octanol–water partition coefficient (Wildman–Crippen LogP) is 1.18. The number of rotatable bonds is 3. The number of phenolic OH excluding ortho intramolecular Hbond substituents is 1. The van der Waals surface area contributed by atoms with Crippen LogP contribution in [0.3, 0.4) is 0 Å². The van der Waals surface area contributed by atoms with Gasteiger partial charge in [0.15, 0.2) is 6.10 Å². The Morgan fingerprint density at radius 2 is 2.00 bits per heavy atom. The number of hydrogen-bond acceptors (Lipinski definition) is 3. The molecule has 0 aliphatic carbocycles. The number of benzene rings is 1. The Morgan fingerprint density at radius 1 is 1.39 bits per heavy atom. The number of amides is 1. The van der Waals surface area contributed by atoms with E-state index in [0.717, 1.165) is 12.1 Å². The van der Waals surface area contributed by atoms with Crippen LogP contribution in [0.15, 0.2) is 18.2 Å². The molecule has 18 heavy (non-hydrogen) atoms. The van der Waals surface area contributed by atoms with Crippen molar-refractivity contribution in [2.24, 2.45) is 0 Å². The van der Waals surface area contributed by atoms with E-state index in [1.807, 2.05) is 0 Å². The van der Waals surface area contributed by atoms with Crippen LogP contribution in [0.1, 0.15) is 10.4 Å². The van der Waals surface area contributed by atoms with E-state index in [1.165, 1.54) is 0 Å². The van der Waals surface area contributed by atoms with Crippen molar-refractivity contribution in [1.29, 1.82) is 0 Å². The second-order valence-electron chi connectivity index (χ2n) is 3.43. The molecule has 1 amide bonds. The first-order valence-corrected chi connectivity index (χ1v) is 4.73. The van der Waals surface area contributed by atoms with Gasteiger partial charge in [0.1, 0.15) is 11.6 Å². The van der Waals surface area contributed by atoms with Crippen LogP contribution >= 0.6 is 0 Å². The van der Waals surface area contributed by atoms with Gasteiger partial charge in [-0.05, 0) is 12.1 Å². The number of halogens is 4. The van der Waals surface area contributed by atoms with Gasteiger partial charge < -0.3 is 15.5 Å². The summed E-state index contributed by atoms with van der Waals surface area (Å²) in [5, 5.41) is 19.6. The normalized spacial score (nSPS) is 13.2. The number of nitrogens with one attached hydrogen (secondary N) is 1. The summed E-state index contributed by atoms with van der Waals surface area (Å²) >= 11 is 0. The molecule has 0 saturated carbocycles. The molecule has 1 aromatic rings. The molecule has 100 valence electrons. The van der Waals surface area contributed by atoms with Crippen LogP contribution in [-0.4, -0.2) is 34.9 Å². The summed E-state index contributed by atoms with van der Waals surface area (Å²) in [6.45, 7) is -1.06. The van der Waals surface area contributed by atoms with E-state index in [-0.39, 0.29) is 5.56 Å². The van der Waals surface area contributed by atoms with Crippen LogP contribution < -0.4 is 5.32 Å². The molecule has 4 nitrogen and oxygen atoms in total. The summed E-state index contributed by atoms with van der Waals surface area (Å²) in [5.41, 5.74) is -0.384. The Balaban J connectivity index is 2.66. The molecular weight excluding hydrogens is 258 g/mol. The molecule has 3 N–H and O–H groups in total. The summed E-state index contributed by atoms with van der Waals surface area (Å²) in [5.74, 6) is -2.54. The molecule has 0 heterocycles. The zero-order valence-electron chi connectivity index (χ0n) is 8.83. The van der Waals surface area contributed by atoms with E-state index in [4.69, 9.17) is 5.11 Å². The first-order valence-electron chi connectivity index (χ1n) is 4.73. The quantitative estimate of drug-likeness (QED) is 0.720. The van der Waals surface area contributed by atoms with Gasteiger partial charge in [-0.3, -0.25) is 4.79 Å². The molecule has 0 aliphatic heterocycles. The number of alkyl halides is 3. The lowest BCUT2D eigenvalue weighted by Crippen LogP contribution is -2.40. The molecule has 1 rings (SSSR count). The first kappa shape index (κ1) is 14.2. The summed E-state index contributed by atoms with van der Waals surface area (Å²) in [4.78, 5) is 11.3. The van der Waals surface area contributed by atoms with Crippen LogP contribution in [0.25, 0.3) is 0 Å². The molecule has 1 atom stereocenters. The summed E-state index contributed by atoms with van der Waals surface area (Å²) in [7, 11) is 0. The summed E-state index contributed by atoms with van der Waals surface area (Å²) in [6.07, 6.45) is -7.55. The van der Waals surface area contributed by atoms with E-state index >= 15 is 0 Å². The molecule has 0 fully saturated rings. The van der Waals surface area contributed by atoms with Crippen molar-refractivity contribution < 1.29 is 32.6 Å². The average molecular weight is 267 g/mol. The van der Waals surface area contributed by atoms with E-state index in [0.29, 0.717) is 6.07 Å². The Kier molecular flexibility index (Phi) is 4.12. The minimum absolute atomic E-state index is 0.384. The van der Waals surface area contributed by atoms with Gasteiger partial charge in [0, 0.05) is 6.07 Å². The third-order valence-corrected chi connectivity index (χ3v) is 2.04. The van der Waals surface area contributed by atoms with Crippen molar-refractivity contribution in [2.75, 3.05) is 6.54 Å². The number of aliphatic hydroxyl groups excluding tert-OH is 1. The van der Waals surface area contributed by atoms with Crippen LogP contribution in [0.5, 0.6) is 5.75 Å². The zero-order chi connectivity index (χ0) is 13.9. The van der Waals surface area contributed by atoms with Crippen molar-refractivity contribution in [3.63, 3.8) is 0 Å². The van der Waals surface area contributed by atoms with E-state index < -0.39 is 36.3 Å². The number of aliphatic hydroxyl groups is 1. The lowest BCUT2D eigenvalue weighted by atomic mass is 10.2. The van der Waals surface area contributed by atoms with Crippen LogP contribution in [0.2, 0.25) is 0 Å². The van der Waals surface area contributed by atoms with Crippen molar-refractivity contribution >= 4 is 5.91 Å². The molecular formula is C10H9F4NO3. The van der Waals surface area contributed by atoms with Crippen molar-refractivity contribution in [3.05, 3.63) is 29.6 Å². The standard InChI is InChI=1S/C10H9F4NO3/c11-5-1-2-6(7(16)3-5)9(18)15-4-8(17)10(12,13)14/h1-3,8,16-17H,4H2,(H,15,18). The van der Waals surface area contributed by atoms with Crippen LogP contribution in [-0.2, 0) is 0 Å². The maximum Gasteiger partial charge on any atom is 0.416 e. The topological polar surface area (TPSA) is 69.6 Å². The van der Waals surface area contributed by atoms with E-state index in [2.05, 4.69) is 0 Å². The smallest absolute Gasteiger partial charge is 0.416 e. The Morgan fingerprint density at radius 3 is 2.50 bits per heavy atom. The maximum atomic E-state index is 12.6. The SMILES string of the molecule is O=C(NCC(O)C(F)(F)F)c1ccc(F)cc1O. The zero-order valence-corrected chi connectivity index (χ0v) is 8.83. The molecule has 0 aliphatic rings. The fourth-order valence-corrected chi connectivity index (χ4v) is 1.10. The lowest BCUT2D eigenvalue weighted by molar-refractivity contribution is -0.201. The monoisotopic (exact) mass is 267 g/mol.